The van der Waals surface area contributed by atoms with E-state index in [0.29, 0.717) is 6.54 Å². The summed E-state index contributed by atoms with van der Waals surface area (Å²) >= 11 is 0. The summed E-state index contributed by atoms with van der Waals surface area (Å²) in [7, 11) is 4.20. The molecule has 1 fully saturated rings. The molecule has 0 amide bonds. The summed E-state index contributed by atoms with van der Waals surface area (Å²) in [5.74, 6) is 1.97. The summed E-state index contributed by atoms with van der Waals surface area (Å²) in [5.41, 5.74) is 5.08. The van der Waals surface area contributed by atoms with Crippen LogP contribution in [0.4, 0.5) is 11.6 Å². The highest BCUT2D eigenvalue weighted by molar-refractivity contribution is 6.36. The Hall–Kier alpha value is -3.39. The molecule has 0 bridgehead atoms. The summed E-state index contributed by atoms with van der Waals surface area (Å²) in [6.07, 6.45) is 3.82. The van der Waals surface area contributed by atoms with Gasteiger partial charge in [-0.3, -0.25) is 0 Å². The van der Waals surface area contributed by atoms with Crippen LogP contribution in [0, 0.1) is 0 Å². The van der Waals surface area contributed by atoms with Crippen molar-refractivity contribution in [2.45, 2.75) is 6.54 Å². The van der Waals surface area contributed by atoms with E-state index in [-0.39, 0.29) is 0 Å². The van der Waals surface area contributed by atoms with Crippen molar-refractivity contribution < 1.29 is 0 Å². The van der Waals surface area contributed by atoms with Gasteiger partial charge in [0.2, 0.25) is 0 Å². The van der Waals surface area contributed by atoms with Crippen LogP contribution in [-0.4, -0.2) is 65.6 Å². The minimum absolute atomic E-state index is 0.669. The topological polar surface area (TPSA) is 61.6 Å². The van der Waals surface area contributed by atoms with Crippen molar-refractivity contribution in [3.8, 4) is 11.3 Å². The summed E-state index contributed by atoms with van der Waals surface area (Å²) < 4.78 is 1.87. The van der Waals surface area contributed by atoms with Crippen LogP contribution in [0.15, 0.2) is 60.9 Å². The molecule has 0 saturated carbocycles. The van der Waals surface area contributed by atoms with E-state index in [4.69, 9.17) is 9.97 Å². The van der Waals surface area contributed by atoms with Gasteiger partial charge in [0.25, 0.3) is 0 Å². The van der Waals surface area contributed by atoms with Crippen molar-refractivity contribution in [3.63, 3.8) is 0 Å². The SMILES string of the molecule is Bc1cnn2c(NCc3ccc(N4CCN(C)CC4)nc3)cc(-c3ccccc3)nc12. The number of pyridine rings is 1. The minimum Gasteiger partial charge on any atom is -0.366 e. The fourth-order valence-corrected chi connectivity index (χ4v) is 3.89. The molecule has 0 radical (unpaired) electrons. The molecule has 1 saturated heterocycles. The highest BCUT2D eigenvalue weighted by Gasteiger charge is 2.15. The molecule has 1 N–H and O–H groups in total. The number of piperazine rings is 1. The van der Waals surface area contributed by atoms with E-state index in [1.807, 2.05) is 43.0 Å². The van der Waals surface area contributed by atoms with Crippen molar-refractivity contribution in [3.05, 3.63) is 66.5 Å². The first-order valence-electron chi connectivity index (χ1n) is 10.7. The van der Waals surface area contributed by atoms with Gasteiger partial charge in [-0.15, -0.1) is 0 Å². The molecular formula is C23H26BN7. The fourth-order valence-electron chi connectivity index (χ4n) is 3.89. The van der Waals surface area contributed by atoms with E-state index in [9.17, 15) is 0 Å². The number of anilines is 2. The lowest BCUT2D eigenvalue weighted by atomic mass is 10.0. The van der Waals surface area contributed by atoms with Gasteiger partial charge < -0.3 is 15.1 Å². The third-order valence-electron chi connectivity index (χ3n) is 5.83. The molecule has 8 heteroatoms. The van der Waals surface area contributed by atoms with E-state index < -0.39 is 0 Å². The molecule has 1 aliphatic heterocycles. The Morgan fingerprint density at radius 1 is 1.00 bits per heavy atom. The number of aromatic nitrogens is 4. The molecule has 3 aromatic heterocycles. The number of benzene rings is 1. The molecule has 5 rings (SSSR count). The molecule has 4 aromatic rings. The van der Waals surface area contributed by atoms with Crippen molar-refractivity contribution in [1.29, 1.82) is 0 Å². The standard InChI is InChI=1S/C23H26BN7/c1-29-9-11-30(12-10-29)21-8-7-17(14-25-21)15-26-22-13-20(18-5-3-2-4-6-18)28-23-19(24)16-27-31(22)23/h2-8,13-14,16,26H,9-12,15,24H2,1H3. The van der Waals surface area contributed by atoms with Crippen LogP contribution < -0.4 is 15.7 Å². The van der Waals surface area contributed by atoms with Gasteiger partial charge in [0, 0.05) is 56.7 Å². The van der Waals surface area contributed by atoms with Gasteiger partial charge in [-0.1, -0.05) is 36.4 Å². The van der Waals surface area contributed by atoms with Crippen LogP contribution in [0.5, 0.6) is 0 Å². The first kappa shape index (κ1) is 19.6. The number of hydrogen-bond acceptors (Lipinski definition) is 6. The number of likely N-dealkylation sites (N-methyl/N-ethyl adjacent to an activating group) is 1. The van der Waals surface area contributed by atoms with E-state index in [1.54, 1.807) is 0 Å². The van der Waals surface area contributed by atoms with Crippen LogP contribution >= 0.6 is 0 Å². The Kier molecular flexibility index (Phi) is 5.30. The van der Waals surface area contributed by atoms with Crippen molar-refractivity contribution in [1.82, 2.24) is 24.5 Å². The highest BCUT2D eigenvalue weighted by atomic mass is 15.3. The lowest BCUT2D eigenvalue weighted by molar-refractivity contribution is 0.312. The van der Waals surface area contributed by atoms with Crippen LogP contribution in [-0.2, 0) is 6.54 Å². The Morgan fingerprint density at radius 3 is 2.55 bits per heavy atom. The largest absolute Gasteiger partial charge is 0.366 e. The molecule has 156 valence electrons. The quantitative estimate of drug-likeness (QED) is 0.502. The van der Waals surface area contributed by atoms with Gasteiger partial charge in [0.15, 0.2) is 5.65 Å². The molecule has 7 nitrogen and oxygen atoms in total. The summed E-state index contributed by atoms with van der Waals surface area (Å²) in [6, 6.07) is 16.6. The van der Waals surface area contributed by atoms with Crippen molar-refractivity contribution in [2.24, 2.45) is 0 Å². The summed E-state index contributed by atoms with van der Waals surface area (Å²) in [6.45, 7) is 4.88. The second kappa shape index (κ2) is 8.39. The Labute approximate surface area is 183 Å². The first-order chi connectivity index (χ1) is 15.2. The fraction of sp³-hybridized carbons (Fsp3) is 0.261. The Bertz CT molecular complexity index is 1170. The number of nitrogens with one attached hydrogen (secondary N) is 1. The van der Waals surface area contributed by atoms with Gasteiger partial charge in [-0.25, -0.2) is 9.97 Å². The smallest absolute Gasteiger partial charge is 0.151 e. The van der Waals surface area contributed by atoms with Crippen LogP contribution in [0.3, 0.4) is 0 Å². The molecule has 0 atom stereocenters. The van der Waals surface area contributed by atoms with Gasteiger partial charge in [0.05, 0.1) is 5.69 Å². The zero-order chi connectivity index (χ0) is 21.2. The van der Waals surface area contributed by atoms with Gasteiger partial charge >= 0.3 is 0 Å². The van der Waals surface area contributed by atoms with Gasteiger partial charge in [0.1, 0.15) is 19.5 Å². The first-order valence-corrected chi connectivity index (χ1v) is 10.7. The lowest BCUT2D eigenvalue weighted by Crippen LogP contribution is -2.44. The lowest BCUT2D eigenvalue weighted by Gasteiger charge is -2.33. The third-order valence-corrected chi connectivity index (χ3v) is 5.83. The Balaban J connectivity index is 1.36. The molecule has 1 aliphatic rings. The monoisotopic (exact) mass is 411 g/mol. The predicted octanol–water partition coefficient (Wildman–Crippen LogP) is 1.41. The maximum Gasteiger partial charge on any atom is 0.151 e. The molecule has 4 heterocycles. The molecule has 31 heavy (non-hydrogen) atoms. The maximum atomic E-state index is 4.83. The number of nitrogens with zero attached hydrogens (tertiary/aromatic N) is 6. The van der Waals surface area contributed by atoms with Gasteiger partial charge in [-0.2, -0.15) is 9.61 Å². The van der Waals surface area contributed by atoms with E-state index in [0.717, 1.165) is 65.7 Å². The second-order valence-corrected chi connectivity index (χ2v) is 8.12. The highest BCUT2D eigenvalue weighted by Crippen LogP contribution is 2.22. The average molecular weight is 411 g/mol. The average Bonchev–Trinajstić information content (AvgIpc) is 3.20. The maximum absolute atomic E-state index is 4.83. The van der Waals surface area contributed by atoms with E-state index >= 15 is 0 Å². The van der Waals surface area contributed by atoms with Crippen LogP contribution in [0.25, 0.3) is 16.9 Å². The predicted molar refractivity (Wildman–Crippen MR) is 128 cm³/mol. The normalized spacial score (nSPS) is 14.8. The molecule has 0 aliphatic carbocycles. The minimum atomic E-state index is 0.669. The zero-order valence-corrected chi connectivity index (χ0v) is 18.0. The molecular weight excluding hydrogens is 385 g/mol. The number of hydrogen-bond donors (Lipinski definition) is 1. The second-order valence-electron chi connectivity index (χ2n) is 8.12. The van der Waals surface area contributed by atoms with E-state index in [1.165, 1.54) is 0 Å². The third kappa shape index (κ3) is 4.11. The van der Waals surface area contributed by atoms with Crippen molar-refractivity contribution in [2.75, 3.05) is 43.4 Å². The Morgan fingerprint density at radius 2 is 1.81 bits per heavy atom. The van der Waals surface area contributed by atoms with Crippen LogP contribution in [0.2, 0.25) is 0 Å². The summed E-state index contributed by atoms with van der Waals surface area (Å²) in [4.78, 5) is 14.2. The zero-order valence-electron chi connectivity index (χ0n) is 18.0. The molecule has 0 unspecified atom stereocenters. The molecule has 0 spiro atoms. The van der Waals surface area contributed by atoms with Crippen LogP contribution in [0.1, 0.15) is 5.56 Å². The number of fused-ring (bicyclic) bond motifs is 1. The van der Waals surface area contributed by atoms with Crippen molar-refractivity contribution >= 4 is 30.6 Å². The van der Waals surface area contributed by atoms with E-state index in [2.05, 4.69) is 57.6 Å². The van der Waals surface area contributed by atoms with Gasteiger partial charge in [-0.05, 0) is 24.1 Å². The number of rotatable bonds is 5. The molecule has 1 aromatic carbocycles. The summed E-state index contributed by atoms with van der Waals surface area (Å²) in [5, 5.41) is 8.04.